The summed E-state index contributed by atoms with van der Waals surface area (Å²) in [5.74, 6) is 0. The Balaban J connectivity index is 2.95. The van der Waals surface area contributed by atoms with E-state index in [1.54, 1.807) is 26.0 Å². The van der Waals surface area contributed by atoms with Crippen molar-refractivity contribution in [3.8, 4) is 0 Å². The van der Waals surface area contributed by atoms with Crippen LogP contribution in [0.1, 0.15) is 13.8 Å². The minimum absolute atomic E-state index is 0.240. The molecule has 0 spiro atoms. The standard InChI is InChI=1S/C9H14BNO4S/c1-7(2)16(14,15)11-9-5-3-4-8(6-9)10(12)13/h3-7,11-13H,1-2H3. The van der Waals surface area contributed by atoms with E-state index in [0.29, 0.717) is 5.69 Å². The van der Waals surface area contributed by atoms with E-state index in [1.165, 1.54) is 12.1 Å². The molecule has 0 aliphatic carbocycles. The van der Waals surface area contributed by atoms with Gasteiger partial charge >= 0.3 is 7.12 Å². The molecule has 0 radical (unpaired) electrons. The molecule has 0 atom stereocenters. The van der Waals surface area contributed by atoms with Gasteiger partial charge in [-0.05, 0) is 31.4 Å². The van der Waals surface area contributed by atoms with Gasteiger partial charge in [0.1, 0.15) is 0 Å². The van der Waals surface area contributed by atoms with Crippen LogP contribution in [-0.4, -0.2) is 30.8 Å². The third-order valence-corrected chi connectivity index (χ3v) is 3.83. The Kier molecular flexibility index (Phi) is 3.95. The maximum Gasteiger partial charge on any atom is 0.488 e. The van der Waals surface area contributed by atoms with Gasteiger partial charge in [-0.2, -0.15) is 0 Å². The van der Waals surface area contributed by atoms with Crippen molar-refractivity contribution < 1.29 is 18.5 Å². The van der Waals surface area contributed by atoms with Gasteiger partial charge in [0.05, 0.1) is 5.25 Å². The molecule has 0 fully saturated rings. The lowest BCUT2D eigenvalue weighted by molar-refractivity contribution is 0.426. The molecule has 3 N–H and O–H groups in total. The third-order valence-electron chi connectivity index (χ3n) is 2.07. The average Bonchev–Trinajstić information content (AvgIpc) is 2.17. The van der Waals surface area contributed by atoms with Crippen molar-refractivity contribution in [1.82, 2.24) is 0 Å². The number of hydrogen-bond acceptors (Lipinski definition) is 4. The normalized spacial score (nSPS) is 11.6. The van der Waals surface area contributed by atoms with Gasteiger partial charge in [0.25, 0.3) is 0 Å². The smallest absolute Gasteiger partial charge is 0.423 e. The van der Waals surface area contributed by atoms with Crippen LogP contribution in [0.4, 0.5) is 5.69 Å². The quantitative estimate of drug-likeness (QED) is 0.623. The summed E-state index contributed by atoms with van der Waals surface area (Å²) in [4.78, 5) is 0. The molecule has 88 valence electrons. The largest absolute Gasteiger partial charge is 0.488 e. The lowest BCUT2D eigenvalue weighted by atomic mass is 9.80. The monoisotopic (exact) mass is 243 g/mol. The van der Waals surface area contributed by atoms with E-state index in [9.17, 15) is 8.42 Å². The molecule has 0 heterocycles. The predicted octanol–water partition coefficient (Wildman–Crippen LogP) is -0.484. The lowest BCUT2D eigenvalue weighted by Crippen LogP contribution is -2.30. The number of sulfonamides is 1. The summed E-state index contributed by atoms with van der Waals surface area (Å²) >= 11 is 0. The van der Waals surface area contributed by atoms with Gasteiger partial charge in [0, 0.05) is 5.69 Å². The van der Waals surface area contributed by atoms with Gasteiger partial charge < -0.3 is 10.0 Å². The highest BCUT2D eigenvalue weighted by atomic mass is 32.2. The minimum atomic E-state index is -3.41. The molecule has 0 saturated heterocycles. The molecular weight excluding hydrogens is 229 g/mol. The van der Waals surface area contributed by atoms with E-state index in [2.05, 4.69) is 4.72 Å². The Labute approximate surface area is 95.3 Å². The first-order valence-electron chi connectivity index (χ1n) is 4.80. The van der Waals surface area contributed by atoms with Crippen LogP contribution in [0.3, 0.4) is 0 Å². The summed E-state index contributed by atoms with van der Waals surface area (Å²) in [5, 5.41) is 17.3. The highest BCUT2D eigenvalue weighted by Gasteiger charge is 2.17. The van der Waals surface area contributed by atoms with Crippen molar-refractivity contribution in [3.63, 3.8) is 0 Å². The fourth-order valence-electron chi connectivity index (χ4n) is 1.04. The second-order valence-electron chi connectivity index (χ2n) is 3.69. The molecule has 0 unspecified atom stereocenters. The molecule has 1 aromatic rings. The average molecular weight is 243 g/mol. The molecule has 0 saturated carbocycles. The van der Waals surface area contributed by atoms with E-state index in [4.69, 9.17) is 10.0 Å². The molecule has 0 aliphatic heterocycles. The van der Waals surface area contributed by atoms with Gasteiger partial charge in [0.15, 0.2) is 0 Å². The number of hydrogen-bond donors (Lipinski definition) is 3. The van der Waals surface area contributed by atoms with Crippen molar-refractivity contribution in [2.45, 2.75) is 19.1 Å². The van der Waals surface area contributed by atoms with Gasteiger partial charge in [-0.15, -0.1) is 0 Å². The number of rotatable bonds is 4. The number of benzene rings is 1. The minimum Gasteiger partial charge on any atom is -0.423 e. The van der Waals surface area contributed by atoms with Crippen molar-refractivity contribution in [2.75, 3.05) is 4.72 Å². The summed E-state index contributed by atoms with van der Waals surface area (Å²) in [7, 11) is -5.01. The summed E-state index contributed by atoms with van der Waals surface area (Å²) in [6.45, 7) is 3.13. The molecule has 1 aromatic carbocycles. The summed E-state index contributed by atoms with van der Waals surface area (Å²) in [6.07, 6.45) is 0. The highest BCUT2D eigenvalue weighted by Crippen LogP contribution is 2.10. The second kappa shape index (κ2) is 4.86. The SMILES string of the molecule is CC(C)S(=O)(=O)Nc1cccc(B(O)O)c1. The molecule has 16 heavy (non-hydrogen) atoms. The van der Waals surface area contributed by atoms with Gasteiger partial charge in [0.2, 0.25) is 10.0 Å². The molecule has 0 aromatic heterocycles. The fraction of sp³-hybridized carbons (Fsp3) is 0.333. The summed E-state index contributed by atoms with van der Waals surface area (Å²) < 4.78 is 25.5. The molecule has 0 bridgehead atoms. The Hall–Kier alpha value is -1.05. The van der Waals surface area contributed by atoms with Crippen molar-refractivity contribution in [1.29, 1.82) is 0 Å². The first-order chi connectivity index (χ1) is 7.33. The highest BCUT2D eigenvalue weighted by molar-refractivity contribution is 7.93. The Morgan fingerprint density at radius 2 is 1.94 bits per heavy atom. The first kappa shape index (κ1) is 13.0. The van der Waals surface area contributed by atoms with Gasteiger partial charge in [-0.25, -0.2) is 8.42 Å². The predicted molar refractivity (Wildman–Crippen MR) is 63.9 cm³/mol. The summed E-state index contributed by atoms with van der Waals surface area (Å²) in [6, 6.07) is 5.97. The van der Waals surface area contributed by atoms with E-state index in [-0.39, 0.29) is 5.46 Å². The van der Waals surface area contributed by atoms with Gasteiger partial charge in [-0.3, -0.25) is 4.72 Å². The van der Waals surface area contributed by atoms with Crippen molar-refractivity contribution in [2.24, 2.45) is 0 Å². The zero-order valence-electron chi connectivity index (χ0n) is 9.08. The number of nitrogens with one attached hydrogen (secondary N) is 1. The van der Waals surface area contributed by atoms with Crippen LogP contribution in [-0.2, 0) is 10.0 Å². The Morgan fingerprint density at radius 3 is 2.44 bits per heavy atom. The molecule has 5 nitrogen and oxygen atoms in total. The second-order valence-corrected chi connectivity index (χ2v) is 5.93. The van der Waals surface area contributed by atoms with Crippen LogP contribution >= 0.6 is 0 Å². The molecule has 7 heteroatoms. The van der Waals surface area contributed by atoms with Crippen LogP contribution in [0.15, 0.2) is 24.3 Å². The van der Waals surface area contributed by atoms with Crippen molar-refractivity contribution >= 4 is 28.3 Å². The maximum atomic E-state index is 11.5. The van der Waals surface area contributed by atoms with E-state index in [1.807, 2.05) is 0 Å². The summed E-state index contributed by atoms with van der Waals surface area (Å²) in [5.41, 5.74) is 0.559. The first-order valence-corrected chi connectivity index (χ1v) is 6.35. The Morgan fingerprint density at radius 1 is 1.31 bits per heavy atom. The maximum absolute atomic E-state index is 11.5. The number of anilines is 1. The lowest BCUT2D eigenvalue weighted by Gasteiger charge is -2.11. The van der Waals surface area contributed by atoms with Gasteiger partial charge in [-0.1, -0.05) is 12.1 Å². The van der Waals surface area contributed by atoms with Crippen LogP contribution < -0.4 is 10.2 Å². The third kappa shape index (κ3) is 3.23. The Bertz CT molecular complexity index is 458. The zero-order chi connectivity index (χ0) is 12.3. The zero-order valence-corrected chi connectivity index (χ0v) is 9.90. The van der Waals surface area contributed by atoms with E-state index in [0.717, 1.165) is 0 Å². The molecule has 1 rings (SSSR count). The van der Waals surface area contributed by atoms with Crippen molar-refractivity contribution in [3.05, 3.63) is 24.3 Å². The molecule has 0 aliphatic rings. The van der Waals surface area contributed by atoms with Crippen LogP contribution in [0.2, 0.25) is 0 Å². The molecular formula is C9H14BNO4S. The molecule has 0 amide bonds. The fourth-order valence-corrected chi connectivity index (χ4v) is 1.74. The van der Waals surface area contributed by atoms with E-state index < -0.39 is 22.4 Å². The van der Waals surface area contributed by atoms with Crippen LogP contribution in [0.25, 0.3) is 0 Å². The van der Waals surface area contributed by atoms with Crippen LogP contribution in [0, 0.1) is 0 Å². The topological polar surface area (TPSA) is 86.6 Å². The van der Waals surface area contributed by atoms with Crippen LogP contribution in [0.5, 0.6) is 0 Å². The van der Waals surface area contributed by atoms with E-state index >= 15 is 0 Å².